The Bertz CT molecular complexity index is 435. The number of nitrogens with zero attached hydrogens (tertiary/aromatic N) is 1. The van der Waals surface area contributed by atoms with E-state index in [2.05, 4.69) is 10.3 Å². The minimum atomic E-state index is -1.02. The molecule has 0 fully saturated rings. The number of aromatic nitrogens is 1. The number of nitrogens with one attached hydrogen (secondary N) is 1. The maximum absolute atomic E-state index is 11.3. The molecule has 1 rings (SSSR count). The van der Waals surface area contributed by atoms with Crippen LogP contribution in [0, 0.1) is 0 Å². The molecule has 2 unspecified atom stereocenters. The second kappa shape index (κ2) is 5.81. The topological polar surface area (TPSA) is 59.1 Å². The van der Waals surface area contributed by atoms with Crippen LogP contribution in [0.4, 0.5) is 5.69 Å². The van der Waals surface area contributed by atoms with Gasteiger partial charge < -0.3 is 5.32 Å². The van der Waals surface area contributed by atoms with E-state index < -0.39 is 10.8 Å². The summed E-state index contributed by atoms with van der Waals surface area (Å²) in [5.74, 6) is 0. The predicted molar refractivity (Wildman–Crippen MR) is 69.2 cm³/mol. The number of thiocarbonyl (C=S) groups is 1. The summed E-state index contributed by atoms with van der Waals surface area (Å²) in [6, 6.07) is 3.33. The van der Waals surface area contributed by atoms with Crippen LogP contribution in [0.2, 0.25) is 0 Å². The fraction of sp³-hybridized carbons (Fsp3) is 0.300. The van der Waals surface area contributed by atoms with Crippen LogP contribution in [0.25, 0.3) is 0 Å². The van der Waals surface area contributed by atoms with E-state index in [1.165, 1.54) is 0 Å². The van der Waals surface area contributed by atoms with E-state index in [-0.39, 0.29) is 5.25 Å². The van der Waals surface area contributed by atoms with Crippen molar-refractivity contribution in [2.75, 3.05) is 11.6 Å². The minimum absolute atomic E-state index is 0.228. The van der Waals surface area contributed by atoms with Crippen LogP contribution in [0.15, 0.2) is 18.3 Å². The molecule has 0 saturated heterocycles. The molecule has 1 amide bonds. The molecule has 1 aromatic heterocycles. The van der Waals surface area contributed by atoms with Gasteiger partial charge in [0.15, 0.2) is 0 Å². The van der Waals surface area contributed by atoms with E-state index in [9.17, 15) is 9.00 Å². The van der Waals surface area contributed by atoms with Crippen LogP contribution in [0.3, 0.4) is 0 Å². The van der Waals surface area contributed by atoms with E-state index >= 15 is 0 Å². The summed E-state index contributed by atoms with van der Waals surface area (Å²) < 4.78 is 11.3. The molecule has 1 aromatic rings. The number of rotatable bonds is 5. The fourth-order valence-corrected chi connectivity index (χ4v) is 2.02. The van der Waals surface area contributed by atoms with Gasteiger partial charge in [-0.25, -0.2) is 0 Å². The van der Waals surface area contributed by atoms with Crippen LogP contribution in [0.5, 0.6) is 0 Å². The molecule has 4 nitrogen and oxygen atoms in total. The summed E-state index contributed by atoms with van der Waals surface area (Å²) in [5, 5.41) is 2.29. The molecule has 0 aromatic carbocycles. The van der Waals surface area contributed by atoms with Gasteiger partial charge in [-0.2, -0.15) is 0 Å². The van der Waals surface area contributed by atoms with Crippen molar-refractivity contribution < 1.29 is 9.00 Å². The first-order valence-corrected chi connectivity index (χ1v) is 6.62. The van der Waals surface area contributed by atoms with Gasteiger partial charge in [-0.1, -0.05) is 12.2 Å². The summed E-state index contributed by atoms with van der Waals surface area (Å²) in [7, 11) is -1.02. The van der Waals surface area contributed by atoms with Crippen molar-refractivity contribution in [1.82, 2.24) is 4.98 Å². The molecule has 6 heteroatoms. The van der Waals surface area contributed by atoms with E-state index in [0.717, 1.165) is 0 Å². The SMILES string of the molecule is CC(C(=S)c1cc(NC=O)ccn1)S(C)=O. The van der Waals surface area contributed by atoms with Crippen molar-refractivity contribution in [3.63, 3.8) is 0 Å². The highest BCUT2D eigenvalue weighted by Crippen LogP contribution is 2.11. The zero-order chi connectivity index (χ0) is 12.1. The second-order valence-corrected chi connectivity index (χ2v) is 5.34. The van der Waals surface area contributed by atoms with Gasteiger partial charge in [0.1, 0.15) is 0 Å². The minimum Gasteiger partial charge on any atom is -0.329 e. The maximum atomic E-state index is 11.3. The fourth-order valence-electron chi connectivity index (χ4n) is 1.08. The lowest BCUT2D eigenvalue weighted by molar-refractivity contribution is -0.105. The number of anilines is 1. The van der Waals surface area contributed by atoms with Crippen molar-refractivity contribution in [3.05, 3.63) is 24.0 Å². The zero-order valence-corrected chi connectivity index (χ0v) is 10.6. The Morgan fingerprint density at radius 1 is 1.69 bits per heavy atom. The van der Waals surface area contributed by atoms with Crippen molar-refractivity contribution in [1.29, 1.82) is 0 Å². The first-order chi connectivity index (χ1) is 7.56. The number of pyridine rings is 1. The standard InChI is InChI=1S/C10H12N2O2S2/c1-7(16(2)14)10(15)9-5-8(12-6-13)3-4-11-9/h3-7H,1-2H3,(H,11,12,13). The third-order valence-electron chi connectivity index (χ3n) is 2.11. The van der Waals surface area contributed by atoms with Crippen molar-refractivity contribution in [2.24, 2.45) is 0 Å². The van der Waals surface area contributed by atoms with Gasteiger partial charge in [-0.15, -0.1) is 0 Å². The third kappa shape index (κ3) is 3.18. The molecule has 2 atom stereocenters. The van der Waals surface area contributed by atoms with E-state index in [1.807, 2.05) is 0 Å². The summed E-state index contributed by atoms with van der Waals surface area (Å²) in [5.41, 5.74) is 1.20. The van der Waals surface area contributed by atoms with Gasteiger partial charge in [-0.3, -0.25) is 14.0 Å². The lowest BCUT2D eigenvalue weighted by Gasteiger charge is -2.10. The Hall–Kier alpha value is -1.14. The molecule has 1 heterocycles. The Kier molecular flexibility index (Phi) is 4.70. The first-order valence-electron chi connectivity index (χ1n) is 4.59. The largest absolute Gasteiger partial charge is 0.329 e. The Balaban J connectivity index is 2.95. The van der Waals surface area contributed by atoms with Crippen LogP contribution in [-0.4, -0.2) is 32.0 Å². The molecule has 0 aliphatic rings. The number of hydrogen-bond donors (Lipinski definition) is 1. The molecule has 0 aliphatic heterocycles. The Morgan fingerprint density at radius 3 is 2.94 bits per heavy atom. The van der Waals surface area contributed by atoms with Gasteiger partial charge in [0.25, 0.3) is 0 Å². The molecule has 0 bridgehead atoms. The molecule has 0 spiro atoms. The normalized spacial score (nSPS) is 13.9. The van der Waals surface area contributed by atoms with Crippen LogP contribution >= 0.6 is 12.2 Å². The van der Waals surface area contributed by atoms with Crippen molar-refractivity contribution in [3.8, 4) is 0 Å². The predicted octanol–water partition coefficient (Wildman–Crippen LogP) is 1.13. The second-order valence-electron chi connectivity index (χ2n) is 3.20. The number of carbonyl (C=O) groups is 1. The zero-order valence-electron chi connectivity index (χ0n) is 8.97. The molecule has 16 heavy (non-hydrogen) atoms. The molecule has 0 radical (unpaired) electrons. The maximum Gasteiger partial charge on any atom is 0.211 e. The molecule has 1 N–H and O–H groups in total. The number of amides is 1. The summed E-state index contributed by atoms with van der Waals surface area (Å²) in [6.07, 6.45) is 3.74. The summed E-state index contributed by atoms with van der Waals surface area (Å²) >= 11 is 5.19. The number of carbonyl (C=O) groups excluding carboxylic acids is 1. The van der Waals surface area contributed by atoms with Gasteiger partial charge in [0.2, 0.25) is 6.41 Å². The molecule has 0 aliphatic carbocycles. The molecular formula is C10H12N2O2S2. The van der Waals surface area contributed by atoms with Gasteiger partial charge in [0.05, 0.1) is 15.8 Å². The van der Waals surface area contributed by atoms with Crippen molar-refractivity contribution >= 4 is 40.0 Å². The highest BCUT2D eigenvalue weighted by Gasteiger charge is 2.15. The van der Waals surface area contributed by atoms with E-state index in [4.69, 9.17) is 12.2 Å². The van der Waals surface area contributed by atoms with Crippen LogP contribution < -0.4 is 5.32 Å². The van der Waals surface area contributed by atoms with Gasteiger partial charge >= 0.3 is 0 Å². The number of hydrogen-bond acceptors (Lipinski definition) is 4. The average molecular weight is 256 g/mol. The summed E-state index contributed by atoms with van der Waals surface area (Å²) in [6.45, 7) is 1.79. The van der Waals surface area contributed by atoms with Gasteiger partial charge in [0, 0.05) is 28.9 Å². The Labute approximate surface area is 102 Å². The van der Waals surface area contributed by atoms with Crippen LogP contribution in [0.1, 0.15) is 12.6 Å². The highest BCUT2D eigenvalue weighted by molar-refractivity contribution is 7.89. The van der Waals surface area contributed by atoms with E-state index in [0.29, 0.717) is 22.7 Å². The first kappa shape index (κ1) is 12.9. The molecular weight excluding hydrogens is 244 g/mol. The average Bonchev–Trinajstić information content (AvgIpc) is 2.28. The lowest BCUT2D eigenvalue weighted by atomic mass is 10.2. The van der Waals surface area contributed by atoms with E-state index in [1.54, 1.807) is 31.5 Å². The Morgan fingerprint density at radius 2 is 2.38 bits per heavy atom. The van der Waals surface area contributed by atoms with Crippen LogP contribution in [-0.2, 0) is 15.6 Å². The monoisotopic (exact) mass is 256 g/mol. The third-order valence-corrected chi connectivity index (χ3v) is 4.05. The lowest BCUT2D eigenvalue weighted by Crippen LogP contribution is -2.21. The van der Waals surface area contributed by atoms with Gasteiger partial charge in [-0.05, 0) is 19.1 Å². The molecule has 0 saturated carbocycles. The van der Waals surface area contributed by atoms with Crippen molar-refractivity contribution in [2.45, 2.75) is 12.2 Å². The quantitative estimate of drug-likeness (QED) is 0.487. The summed E-state index contributed by atoms with van der Waals surface area (Å²) in [4.78, 5) is 14.9. The highest BCUT2D eigenvalue weighted by atomic mass is 32.2. The smallest absolute Gasteiger partial charge is 0.211 e. The molecule has 86 valence electrons.